The van der Waals surface area contributed by atoms with Crippen LogP contribution in [0, 0.1) is 0 Å². The largest absolute Gasteiger partial charge is 0.380 e. The van der Waals surface area contributed by atoms with Crippen molar-refractivity contribution in [2.45, 2.75) is 59.2 Å². The maximum atomic E-state index is 5.48. The fraction of sp³-hybridized carbons (Fsp3) is 0.524. The Hall–Kier alpha value is -1.61. The number of rotatable bonds is 10. The number of methoxy groups -OCH3 is 1. The maximum absolute atomic E-state index is 5.48. The van der Waals surface area contributed by atoms with Gasteiger partial charge in [-0.15, -0.1) is 24.0 Å². The lowest BCUT2D eigenvalue weighted by atomic mass is 9.99. The predicted molar refractivity (Wildman–Crippen MR) is 124 cm³/mol. The molecule has 0 amide bonds. The minimum atomic E-state index is 0. The molecule has 0 saturated heterocycles. The van der Waals surface area contributed by atoms with E-state index < -0.39 is 0 Å². The number of guanidine groups is 1. The van der Waals surface area contributed by atoms with E-state index >= 15 is 0 Å². The van der Waals surface area contributed by atoms with E-state index in [-0.39, 0.29) is 24.0 Å². The molecule has 0 aliphatic carbocycles. The van der Waals surface area contributed by atoms with Gasteiger partial charge in [0.1, 0.15) is 0 Å². The molecule has 2 aromatic rings. The molecule has 7 heteroatoms. The molecule has 0 aliphatic rings. The van der Waals surface area contributed by atoms with Crippen molar-refractivity contribution in [2.24, 2.45) is 4.99 Å². The average molecular weight is 500 g/mol. The van der Waals surface area contributed by atoms with Gasteiger partial charge in [-0.3, -0.25) is 0 Å². The summed E-state index contributed by atoms with van der Waals surface area (Å²) in [5.41, 5.74) is 3.35. The molecular formula is C21H33IN4O2. The van der Waals surface area contributed by atoms with Gasteiger partial charge in [-0.05, 0) is 30.9 Å². The summed E-state index contributed by atoms with van der Waals surface area (Å²) in [7, 11) is 1.71. The lowest BCUT2D eigenvalue weighted by Crippen LogP contribution is -2.36. The SMILES string of the molecule is CCNC(=NCc1ccccc1COC)NCc1cc(C(CC)CC)no1.I. The molecular weight excluding hydrogens is 467 g/mol. The zero-order valence-corrected chi connectivity index (χ0v) is 19.7. The third kappa shape index (κ3) is 7.43. The van der Waals surface area contributed by atoms with Crippen LogP contribution in [-0.2, 0) is 24.4 Å². The normalized spacial score (nSPS) is 11.4. The number of hydrogen-bond acceptors (Lipinski definition) is 4. The fourth-order valence-corrected chi connectivity index (χ4v) is 3.00. The molecule has 0 radical (unpaired) electrons. The van der Waals surface area contributed by atoms with Crippen LogP contribution in [0.3, 0.4) is 0 Å². The Morgan fingerprint density at radius 1 is 1.14 bits per heavy atom. The average Bonchev–Trinajstić information content (AvgIpc) is 3.15. The van der Waals surface area contributed by atoms with Gasteiger partial charge < -0.3 is 19.9 Å². The second kappa shape index (κ2) is 13.5. The van der Waals surface area contributed by atoms with Gasteiger partial charge in [-0.25, -0.2) is 4.99 Å². The molecule has 28 heavy (non-hydrogen) atoms. The fourth-order valence-electron chi connectivity index (χ4n) is 3.00. The van der Waals surface area contributed by atoms with Crippen molar-refractivity contribution in [1.82, 2.24) is 15.8 Å². The van der Waals surface area contributed by atoms with E-state index in [9.17, 15) is 0 Å². The first kappa shape index (κ1) is 24.4. The lowest BCUT2D eigenvalue weighted by molar-refractivity contribution is 0.184. The molecule has 0 aliphatic heterocycles. The van der Waals surface area contributed by atoms with Crippen LogP contribution in [-0.4, -0.2) is 24.8 Å². The number of hydrogen-bond donors (Lipinski definition) is 2. The quantitative estimate of drug-likeness (QED) is 0.284. The molecule has 0 bridgehead atoms. The molecule has 2 N–H and O–H groups in total. The zero-order chi connectivity index (χ0) is 19.5. The highest BCUT2D eigenvalue weighted by molar-refractivity contribution is 14.0. The number of ether oxygens (including phenoxy) is 1. The minimum absolute atomic E-state index is 0. The minimum Gasteiger partial charge on any atom is -0.380 e. The number of aromatic nitrogens is 1. The Bertz CT molecular complexity index is 714. The highest BCUT2D eigenvalue weighted by Gasteiger charge is 2.13. The zero-order valence-electron chi connectivity index (χ0n) is 17.3. The van der Waals surface area contributed by atoms with Gasteiger partial charge in [0.05, 0.1) is 25.4 Å². The molecule has 2 rings (SSSR count). The molecule has 1 heterocycles. The number of benzene rings is 1. The Labute approximate surface area is 185 Å². The summed E-state index contributed by atoms with van der Waals surface area (Å²) in [6.45, 7) is 8.93. The second-order valence-electron chi connectivity index (χ2n) is 6.48. The van der Waals surface area contributed by atoms with Gasteiger partial charge in [0.15, 0.2) is 11.7 Å². The topological polar surface area (TPSA) is 71.7 Å². The van der Waals surface area contributed by atoms with Gasteiger partial charge in [-0.1, -0.05) is 43.3 Å². The van der Waals surface area contributed by atoms with Crippen LogP contribution in [0.1, 0.15) is 62.1 Å². The summed E-state index contributed by atoms with van der Waals surface area (Å²) >= 11 is 0. The summed E-state index contributed by atoms with van der Waals surface area (Å²) in [5.74, 6) is 2.04. The molecule has 0 fully saturated rings. The van der Waals surface area contributed by atoms with Crippen LogP contribution in [0.5, 0.6) is 0 Å². The Balaban J connectivity index is 0.00000392. The van der Waals surface area contributed by atoms with Crippen LogP contribution in [0.15, 0.2) is 39.8 Å². The highest BCUT2D eigenvalue weighted by atomic mass is 127. The highest BCUT2D eigenvalue weighted by Crippen LogP contribution is 2.22. The number of aliphatic imine (C=N–C) groups is 1. The van der Waals surface area contributed by atoms with E-state index in [1.807, 2.05) is 18.2 Å². The number of halogens is 1. The van der Waals surface area contributed by atoms with Crippen molar-refractivity contribution in [2.75, 3.05) is 13.7 Å². The third-order valence-electron chi connectivity index (χ3n) is 4.58. The van der Waals surface area contributed by atoms with Gasteiger partial charge in [-0.2, -0.15) is 0 Å². The maximum Gasteiger partial charge on any atom is 0.191 e. The van der Waals surface area contributed by atoms with Gasteiger partial charge in [0, 0.05) is 25.6 Å². The Morgan fingerprint density at radius 3 is 2.50 bits per heavy atom. The first-order chi connectivity index (χ1) is 13.2. The molecule has 156 valence electrons. The van der Waals surface area contributed by atoms with Gasteiger partial charge in [0.25, 0.3) is 0 Å². The molecule has 0 atom stereocenters. The lowest BCUT2D eigenvalue weighted by Gasteiger charge is -2.11. The van der Waals surface area contributed by atoms with Crippen molar-refractivity contribution in [3.8, 4) is 0 Å². The van der Waals surface area contributed by atoms with E-state index in [1.54, 1.807) is 7.11 Å². The van der Waals surface area contributed by atoms with Crippen LogP contribution >= 0.6 is 24.0 Å². The van der Waals surface area contributed by atoms with E-state index in [2.05, 4.69) is 48.7 Å². The van der Waals surface area contributed by atoms with E-state index in [0.717, 1.165) is 47.9 Å². The summed E-state index contributed by atoms with van der Waals surface area (Å²) in [4.78, 5) is 4.69. The third-order valence-corrected chi connectivity index (χ3v) is 4.58. The van der Waals surface area contributed by atoms with Gasteiger partial charge >= 0.3 is 0 Å². The molecule has 0 unspecified atom stereocenters. The summed E-state index contributed by atoms with van der Waals surface area (Å²) in [6, 6.07) is 10.2. The van der Waals surface area contributed by atoms with Crippen LogP contribution < -0.4 is 10.6 Å². The summed E-state index contributed by atoms with van der Waals surface area (Å²) in [6.07, 6.45) is 2.14. The monoisotopic (exact) mass is 500 g/mol. The molecule has 0 spiro atoms. The molecule has 6 nitrogen and oxygen atoms in total. The Morgan fingerprint density at radius 2 is 1.86 bits per heavy atom. The first-order valence-electron chi connectivity index (χ1n) is 9.75. The van der Waals surface area contributed by atoms with Crippen LogP contribution in [0.2, 0.25) is 0 Å². The van der Waals surface area contributed by atoms with E-state index in [1.165, 1.54) is 0 Å². The summed E-state index contributed by atoms with van der Waals surface area (Å²) in [5, 5.41) is 10.8. The van der Waals surface area contributed by atoms with Gasteiger partial charge in [0.2, 0.25) is 0 Å². The number of nitrogens with one attached hydrogen (secondary N) is 2. The molecule has 1 aromatic carbocycles. The molecule has 0 saturated carbocycles. The standard InChI is InChI=1S/C21H32N4O2.HI/c1-5-16(6-2)20-12-19(27-25-20)14-24-21(22-7-3)23-13-17-10-8-9-11-18(17)15-26-4;/h8-12,16H,5-7,13-15H2,1-4H3,(H2,22,23,24);1H. The smallest absolute Gasteiger partial charge is 0.191 e. The van der Waals surface area contributed by atoms with Crippen molar-refractivity contribution in [3.05, 3.63) is 52.9 Å². The second-order valence-corrected chi connectivity index (χ2v) is 6.48. The van der Waals surface area contributed by atoms with Crippen LogP contribution in [0.25, 0.3) is 0 Å². The van der Waals surface area contributed by atoms with Crippen molar-refractivity contribution in [1.29, 1.82) is 0 Å². The van der Waals surface area contributed by atoms with Crippen molar-refractivity contribution < 1.29 is 9.26 Å². The molecule has 1 aromatic heterocycles. The van der Waals surface area contributed by atoms with Crippen molar-refractivity contribution >= 4 is 29.9 Å². The Kier molecular flexibility index (Phi) is 11.8. The van der Waals surface area contributed by atoms with Crippen LogP contribution in [0.4, 0.5) is 0 Å². The van der Waals surface area contributed by atoms with Crippen molar-refractivity contribution in [3.63, 3.8) is 0 Å². The van der Waals surface area contributed by atoms with E-state index in [4.69, 9.17) is 14.3 Å². The number of nitrogens with zero attached hydrogens (tertiary/aromatic N) is 2. The summed E-state index contributed by atoms with van der Waals surface area (Å²) < 4.78 is 10.7. The predicted octanol–water partition coefficient (Wildman–Crippen LogP) is 4.60. The van der Waals surface area contributed by atoms with E-state index in [0.29, 0.717) is 25.6 Å². The first-order valence-corrected chi connectivity index (χ1v) is 9.75.